The highest BCUT2D eigenvalue weighted by Crippen LogP contribution is 2.33. The van der Waals surface area contributed by atoms with Gasteiger partial charge < -0.3 is 20.4 Å². The number of piperazine rings is 1. The smallest absolute Gasteiger partial charge is 0.324 e. The number of anilines is 1. The van der Waals surface area contributed by atoms with Gasteiger partial charge in [-0.2, -0.15) is 0 Å². The monoisotopic (exact) mass is 652 g/mol. The van der Waals surface area contributed by atoms with E-state index >= 15 is 0 Å². The van der Waals surface area contributed by atoms with E-state index in [1.807, 2.05) is 78.9 Å². The molecule has 2 aliphatic rings. The Kier molecular flexibility index (Phi) is 10.1. The minimum Gasteiger partial charge on any atom is -0.353 e. The summed E-state index contributed by atoms with van der Waals surface area (Å²) < 4.78 is 0.998. The molecule has 2 aromatic heterocycles. The fraction of sp³-hybridized carbons (Fsp3) is 0.361. The minimum absolute atomic E-state index is 0.0454. The van der Waals surface area contributed by atoms with Crippen molar-refractivity contribution in [1.29, 1.82) is 0 Å². The Bertz CT molecular complexity index is 1670. The van der Waals surface area contributed by atoms with Gasteiger partial charge in [0.25, 0.3) is 11.8 Å². The number of thiophene rings is 1. The van der Waals surface area contributed by atoms with Gasteiger partial charge in [0.2, 0.25) is 5.91 Å². The molecule has 0 radical (unpaired) electrons. The van der Waals surface area contributed by atoms with Gasteiger partial charge in [-0.05, 0) is 54.5 Å². The molecule has 1 aliphatic carbocycles. The quantitative estimate of drug-likeness (QED) is 0.253. The van der Waals surface area contributed by atoms with E-state index in [2.05, 4.69) is 20.5 Å². The van der Waals surface area contributed by atoms with E-state index in [0.29, 0.717) is 50.3 Å². The zero-order valence-corrected chi connectivity index (χ0v) is 27.2. The Labute approximate surface area is 278 Å². The van der Waals surface area contributed by atoms with Crippen LogP contribution in [-0.2, 0) is 16.0 Å². The molecule has 1 saturated carbocycles. The topological polar surface area (TPSA) is 115 Å². The number of benzene rings is 2. The van der Waals surface area contributed by atoms with Crippen molar-refractivity contribution >= 4 is 51.0 Å². The van der Waals surface area contributed by atoms with Gasteiger partial charge in [0.05, 0.1) is 4.88 Å². The maximum atomic E-state index is 14.3. The number of hydrogen-bond acceptors (Lipinski definition) is 7. The largest absolute Gasteiger partial charge is 0.353 e. The molecular formula is C36H40N6O4S. The molecule has 47 heavy (non-hydrogen) atoms. The predicted octanol–water partition coefficient (Wildman–Crippen LogP) is 4.86. The lowest BCUT2D eigenvalue weighted by molar-refractivity contribution is -0.134. The fourth-order valence-electron chi connectivity index (χ4n) is 6.44. The number of amides is 5. The van der Waals surface area contributed by atoms with E-state index in [1.165, 1.54) is 16.2 Å². The van der Waals surface area contributed by atoms with E-state index in [1.54, 1.807) is 11.1 Å². The Hall–Kier alpha value is -4.77. The maximum absolute atomic E-state index is 14.3. The van der Waals surface area contributed by atoms with Gasteiger partial charge in [0, 0.05) is 56.6 Å². The first-order valence-electron chi connectivity index (χ1n) is 16.3. The number of nitrogens with one attached hydrogen (secondary N) is 2. The van der Waals surface area contributed by atoms with Crippen molar-refractivity contribution in [3.05, 3.63) is 95.5 Å². The summed E-state index contributed by atoms with van der Waals surface area (Å²) in [4.78, 5) is 64.7. The SMILES string of the molecule is O=C(NC1(C(=O)N(CCc2ccccc2)C(=O)NCCC(=O)N2CCN(c3ccccn3)CC2)CCCC1)c1cc2ccccc2s1. The number of nitrogens with zero attached hydrogens (tertiary/aromatic N) is 4. The van der Waals surface area contributed by atoms with Crippen molar-refractivity contribution < 1.29 is 19.2 Å². The first kappa shape index (κ1) is 32.2. The van der Waals surface area contributed by atoms with Crippen LogP contribution in [0, 0.1) is 0 Å². The third-order valence-corrected chi connectivity index (χ3v) is 10.2. The van der Waals surface area contributed by atoms with Crippen LogP contribution in [0.5, 0.6) is 0 Å². The molecule has 4 aromatic rings. The molecule has 11 heteroatoms. The first-order valence-corrected chi connectivity index (χ1v) is 17.1. The van der Waals surface area contributed by atoms with Crippen LogP contribution in [-0.4, -0.2) is 83.3 Å². The predicted molar refractivity (Wildman–Crippen MR) is 183 cm³/mol. The minimum atomic E-state index is -1.18. The number of carbonyl (C=O) groups excluding carboxylic acids is 4. The van der Waals surface area contributed by atoms with E-state index in [0.717, 1.165) is 34.3 Å². The standard InChI is InChI=1S/C36H40N6O4S/c43-32(41-24-22-40(23-25-41)31-14-6-9-19-37-31)15-20-38-35(46)42(21-16-27-10-2-1-3-11-27)34(45)36(17-7-8-18-36)39-33(44)30-26-28-12-4-5-13-29(28)47-30/h1-6,9-14,19,26H,7-8,15-18,20-25H2,(H,38,46)(H,39,44). The molecule has 1 saturated heterocycles. The number of aromatic nitrogens is 1. The average Bonchev–Trinajstić information content (AvgIpc) is 3.77. The molecule has 0 spiro atoms. The normalized spacial score (nSPS) is 15.7. The summed E-state index contributed by atoms with van der Waals surface area (Å²) in [7, 11) is 0. The van der Waals surface area contributed by atoms with Crippen LogP contribution in [0.15, 0.2) is 85.1 Å². The molecule has 1 aliphatic heterocycles. The molecule has 0 atom stereocenters. The van der Waals surface area contributed by atoms with Crippen molar-refractivity contribution in [3.63, 3.8) is 0 Å². The summed E-state index contributed by atoms with van der Waals surface area (Å²) in [6.45, 7) is 2.78. The number of carbonyl (C=O) groups is 4. The molecule has 2 aromatic carbocycles. The van der Waals surface area contributed by atoms with Crippen LogP contribution in [0.4, 0.5) is 10.6 Å². The number of rotatable bonds is 10. The number of imide groups is 1. The van der Waals surface area contributed by atoms with E-state index in [-0.39, 0.29) is 31.3 Å². The molecule has 2 N–H and O–H groups in total. The molecule has 2 fully saturated rings. The first-order chi connectivity index (χ1) is 22.9. The molecule has 0 bridgehead atoms. The lowest BCUT2D eigenvalue weighted by Gasteiger charge is -2.35. The number of fused-ring (bicyclic) bond motifs is 1. The van der Waals surface area contributed by atoms with Crippen LogP contribution in [0.2, 0.25) is 0 Å². The van der Waals surface area contributed by atoms with Crippen LogP contribution >= 0.6 is 11.3 Å². The van der Waals surface area contributed by atoms with Crippen LogP contribution in [0.25, 0.3) is 10.1 Å². The number of hydrogen-bond donors (Lipinski definition) is 2. The Morgan fingerprint density at radius 3 is 2.32 bits per heavy atom. The highest BCUT2D eigenvalue weighted by atomic mass is 32.1. The molecule has 6 rings (SSSR count). The summed E-state index contributed by atoms with van der Waals surface area (Å²) in [5, 5.41) is 6.88. The summed E-state index contributed by atoms with van der Waals surface area (Å²) in [5.41, 5.74) is -0.183. The lowest BCUT2D eigenvalue weighted by atomic mass is 9.94. The van der Waals surface area contributed by atoms with Crippen LogP contribution in [0.1, 0.15) is 47.3 Å². The molecule has 244 valence electrons. The average molecular weight is 653 g/mol. The van der Waals surface area contributed by atoms with Gasteiger partial charge in [-0.1, -0.05) is 67.4 Å². The van der Waals surface area contributed by atoms with Crippen molar-refractivity contribution in [1.82, 2.24) is 25.4 Å². The Morgan fingerprint density at radius 2 is 1.60 bits per heavy atom. The fourth-order valence-corrected chi connectivity index (χ4v) is 7.40. The van der Waals surface area contributed by atoms with Crippen LogP contribution in [0.3, 0.4) is 0 Å². The lowest BCUT2D eigenvalue weighted by Crippen LogP contribution is -2.61. The zero-order valence-electron chi connectivity index (χ0n) is 26.4. The highest BCUT2D eigenvalue weighted by molar-refractivity contribution is 7.20. The Balaban J connectivity index is 1.10. The molecule has 3 heterocycles. The van der Waals surface area contributed by atoms with E-state index < -0.39 is 17.5 Å². The Morgan fingerprint density at radius 1 is 0.872 bits per heavy atom. The highest BCUT2D eigenvalue weighted by Gasteiger charge is 2.46. The summed E-state index contributed by atoms with van der Waals surface area (Å²) in [5.74, 6) is 0.136. The van der Waals surface area contributed by atoms with Crippen molar-refractivity contribution in [2.75, 3.05) is 44.2 Å². The van der Waals surface area contributed by atoms with Gasteiger partial charge in [0.1, 0.15) is 11.4 Å². The summed E-state index contributed by atoms with van der Waals surface area (Å²) in [6.07, 6.45) is 4.82. The summed E-state index contributed by atoms with van der Waals surface area (Å²) in [6, 6.07) is 24.6. The molecule has 0 unspecified atom stereocenters. The molecule has 10 nitrogen and oxygen atoms in total. The van der Waals surface area contributed by atoms with Crippen molar-refractivity contribution in [2.24, 2.45) is 0 Å². The van der Waals surface area contributed by atoms with Gasteiger partial charge in [-0.3, -0.25) is 19.3 Å². The van der Waals surface area contributed by atoms with Gasteiger partial charge in [0.15, 0.2) is 0 Å². The second-order valence-corrected chi connectivity index (χ2v) is 13.2. The van der Waals surface area contributed by atoms with Crippen LogP contribution < -0.4 is 15.5 Å². The number of pyridine rings is 1. The van der Waals surface area contributed by atoms with Crippen molar-refractivity contribution in [3.8, 4) is 0 Å². The van der Waals surface area contributed by atoms with E-state index in [9.17, 15) is 19.2 Å². The van der Waals surface area contributed by atoms with E-state index in [4.69, 9.17) is 0 Å². The van der Waals surface area contributed by atoms with Gasteiger partial charge in [-0.15, -0.1) is 11.3 Å². The number of urea groups is 1. The van der Waals surface area contributed by atoms with Gasteiger partial charge in [-0.25, -0.2) is 9.78 Å². The van der Waals surface area contributed by atoms with Crippen molar-refractivity contribution in [2.45, 2.75) is 44.1 Å². The molecule has 5 amide bonds. The summed E-state index contributed by atoms with van der Waals surface area (Å²) >= 11 is 1.39. The second kappa shape index (κ2) is 14.8. The zero-order chi connectivity index (χ0) is 32.6. The third-order valence-electron chi connectivity index (χ3n) is 9.05. The third kappa shape index (κ3) is 7.62. The second-order valence-electron chi connectivity index (χ2n) is 12.1. The maximum Gasteiger partial charge on any atom is 0.324 e. The van der Waals surface area contributed by atoms with Gasteiger partial charge >= 0.3 is 6.03 Å². The molecular weight excluding hydrogens is 613 g/mol.